The van der Waals surface area contributed by atoms with Gasteiger partial charge < -0.3 is 9.84 Å². The van der Waals surface area contributed by atoms with Crippen LogP contribution in [0.4, 0.5) is 0 Å². The smallest absolute Gasteiger partial charge is 0.348 e. The van der Waals surface area contributed by atoms with Gasteiger partial charge in [0.05, 0.1) is 11.6 Å². The highest BCUT2D eigenvalue weighted by atomic mass is 32.2. The molecular formula is C19H15NO3S. The summed E-state index contributed by atoms with van der Waals surface area (Å²) in [6.45, 7) is 0. The van der Waals surface area contributed by atoms with E-state index in [1.54, 1.807) is 24.3 Å². The van der Waals surface area contributed by atoms with E-state index >= 15 is 0 Å². The van der Waals surface area contributed by atoms with E-state index in [1.165, 1.54) is 11.8 Å². The monoisotopic (exact) mass is 337 g/mol. The van der Waals surface area contributed by atoms with Crippen LogP contribution in [-0.4, -0.2) is 11.1 Å². The Morgan fingerprint density at radius 3 is 2.50 bits per heavy atom. The van der Waals surface area contributed by atoms with Gasteiger partial charge >= 0.3 is 5.97 Å². The summed E-state index contributed by atoms with van der Waals surface area (Å²) in [7, 11) is 0. The molecule has 5 heteroatoms. The van der Waals surface area contributed by atoms with Crippen molar-refractivity contribution in [2.45, 2.75) is 18.3 Å². The molecule has 0 radical (unpaired) electrons. The number of aliphatic hydroxyl groups excluding tert-OH is 1. The van der Waals surface area contributed by atoms with Gasteiger partial charge in [0.2, 0.25) is 0 Å². The minimum Gasteiger partial charge on any atom is -0.511 e. The van der Waals surface area contributed by atoms with Crippen LogP contribution in [0.1, 0.15) is 29.2 Å². The normalized spacial score (nSPS) is 17.3. The van der Waals surface area contributed by atoms with Crippen LogP contribution in [-0.2, 0) is 15.3 Å². The van der Waals surface area contributed by atoms with Crippen LogP contribution in [0.3, 0.4) is 0 Å². The molecule has 3 rings (SSSR count). The van der Waals surface area contributed by atoms with Crippen molar-refractivity contribution < 1.29 is 14.6 Å². The average Bonchev–Trinajstić information content (AvgIpc) is 2.62. The number of nitrogens with zero attached hydrogens (tertiary/aromatic N) is 1. The number of benzene rings is 2. The second-order valence-electron chi connectivity index (χ2n) is 5.38. The van der Waals surface area contributed by atoms with Crippen molar-refractivity contribution in [1.29, 1.82) is 5.26 Å². The molecule has 0 saturated heterocycles. The molecule has 0 saturated carbocycles. The number of rotatable bonds is 4. The lowest BCUT2D eigenvalue weighted by Crippen LogP contribution is -2.20. The molecule has 2 aromatic carbocycles. The Morgan fingerprint density at radius 1 is 1.17 bits per heavy atom. The molecule has 1 aliphatic heterocycles. The molecule has 1 aliphatic rings. The van der Waals surface area contributed by atoms with Crippen molar-refractivity contribution >= 4 is 17.7 Å². The van der Waals surface area contributed by atoms with Gasteiger partial charge in [-0.05, 0) is 23.3 Å². The zero-order chi connectivity index (χ0) is 16.9. The Bertz CT molecular complexity index is 807. The van der Waals surface area contributed by atoms with Crippen LogP contribution < -0.4 is 0 Å². The van der Waals surface area contributed by atoms with E-state index in [9.17, 15) is 9.90 Å². The van der Waals surface area contributed by atoms with E-state index in [0.717, 1.165) is 11.1 Å². The van der Waals surface area contributed by atoms with Crippen molar-refractivity contribution in [2.24, 2.45) is 0 Å². The Kier molecular flexibility index (Phi) is 4.88. The van der Waals surface area contributed by atoms with Gasteiger partial charge in [0.15, 0.2) is 0 Å². The first-order chi connectivity index (χ1) is 11.7. The van der Waals surface area contributed by atoms with Gasteiger partial charge in [-0.1, -0.05) is 42.5 Å². The molecule has 4 nitrogen and oxygen atoms in total. The van der Waals surface area contributed by atoms with Crippen LogP contribution in [0.25, 0.3) is 0 Å². The molecule has 1 atom stereocenters. The topological polar surface area (TPSA) is 70.3 Å². The molecule has 0 spiro atoms. The zero-order valence-corrected chi connectivity index (χ0v) is 13.6. The second kappa shape index (κ2) is 7.24. The SMILES string of the molecule is N#Cc1ccc(C2CC(O)=C(SCc3ccccc3)C(=O)O2)cc1. The van der Waals surface area contributed by atoms with Gasteiger partial charge in [-0.2, -0.15) is 5.26 Å². The number of carbonyl (C=O) groups excluding carboxylic acids is 1. The molecule has 0 amide bonds. The molecule has 1 N–H and O–H groups in total. The molecule has 1 heterocycles. The van der Waals surface area contributed by atoms with Gasteiger partial charge in [-0.3, -0.25) is 0 Å². The molecule has 0 aliphatic carbocycles. The van der Waals surface area contributed by atoms with Gasteiger partial charge in [0.1, 0.15) is 16.8 Å². The van der Waals surface area contributed by atoms with E-state index in [-0.39, 0.29) is 17.1 Å². The number of esters is 1. The predicted octanol–water partition coefficient (Wildman–Crippen LogP) is 4.25. The predicted molar refractivity (Wildman–Crippen MR) is 92.0 cm³/mol. The highest BCUT2D eigenvalue weighted by molar-refractivity contribution is 8.03. The largest absolute Gasteiger partial charge is 0.511 e. The summed E-state index contributed by atoms with van der Waals surface area (Å²) in [5.41, 5.74) is 2.38. The van der Waals surface area contributed by atoms with Gasteiger partial charge in [0.25, 0.3) is 0 Å². The molecule has 1 unspecified atom stereocenters. The van der Waals surface area contributed by atoms with Crippen LogP contribution in [0.5, 0.6) is 0 Å². The van der Waals surface area contributed by atoms with Gasteiger partial charge in [-0.25, -0.2) is 4.79 Å². The number of carbonyl (C=O) groups is 1. The van der Waals surface area contributed by atoms with E-state index in [2.05, 4.69) is 0 Å². The van der Waals surface area contributed by atoms with Crippen LogP contribution >= 0.6 is 11.8 Å². The Hall–Kier alpha value is -2.71. The molecule has 24 heavy (non-hydrogen) atoms. The molecule has 2 aromatic rings. The minimum absolute atomic E-state index is 0.0570. The van der Waals surface area contributed by atoms with E-state index < -0.39 is 12.1 Å². The number of aliphatic hydroxyl groups is 1. The van der Waals surface area contributed by atoms with Crippen molar-refractivity contribution in [3.05, 3.63) is 82.0 Å². The highest BCUT2D eigenvalue weighted by Gasteiger charge is 2.30. The number of thioether (sulfide) groups is 1. The molecule has 0 fully saturated rings. The fourth-order valence-electron chi connectivity index (χ4n) is 2.44. The lowest BCUT2D eigenvalue weighted by Gasteiger charge is -2.24. The van der Waals surface area contributed by atoms with Crippen LogP contribution in [0.2, 0.25) is 0 Å². The number of nitriles is 1. The quantitative estimate of drug-likeness (QED) is 0.845. The highest BCUT2D eigenvalue weighted by Crippen LogP contribution is 2.36. The van der Waals surface area contributed by atoms with Crippen LogP contribution in [0, 0.1) is 11.3 Å². The Morgan fingerprint density at radius 2 is 1.88 bits per heavy atom. The summed E-state index contributed by atoms with van der Waals surface area (Å²) in [5, 5.41) is 19.1. The summed E-state index contributed by atoms with van der Waals surface area (Å²) < 4.78 is 5.46. The Balaban J connectivity index is 1.71. The lowest BCUT2D eigenvalue weighted by atomic mass is 10.0. The Labute approximate surface area is 144 Å². The fraction of sp³-hybridized carbons (Fsp3) is 0.158. The standard InChI is InChI=1S/C19H15NO3S/c20-11-13-6-8-15(9-7-13)17-10-16(21)18(19(22)23-17)24-12-14-4-2-1-3-5-14/h1-9,17,21H,10,12H2. The maximum absolute atomic E-state index is 12.2. The van der Waals surface area contributed by atoms with E-state index in [1.807, 2.05) is 36.4 Å². The molecule has 0 bridgehead atoms. The first-order valence-corrected chi connectivity index (χ1v) is 8.46. The first kappa shape index (κ1) is 16.2. The molecule has 0 aromatic heterocycles. The van der Waals surface area contributed by atoms with Crippen LogP contribution in [0.15, 0.2) is 65.3 Å². The third kappa shape index (κ3) is 3.61. The number of cyclic esters (lactones) is 1. The molecule has 120 valence electrons. The second-order valence-corrected chi connectivity index (χ2v) is 6.37. The van der Waals surface area contributed by atoms with E-state index in [0.29, 0.717) is 11.3 Å². The third-order valence-corrected chi connectivity index (χ3v) is 4.88. The number of hydrogen-bond donors (Lipinski definition) is 1. The zero-order valence-electron chi connectivity index (χ0n) is 12.8. The first-order valence-electron chi connectivity index (χ1n) is 7.47. The van der Waals surface area contributed by atoms with E-state index in [4.69, 9.17) is 10.00 Å². The van der Waals surface area contributed by atoms with Crippen molar-refractivity contribution in [3.63, 3.8) is 0 Å². The van der Waals surface area contributed by atoms with Crippen molar-refractivity contribution in [1.82, 2.24) is 0 Å². The summed E-state index contributed by atoms with van der Waals surface area (Å²) in [6.07, 6.45) is -0.277. The van der Waals surface area contributed by atoms with Crippen molar-refractivity contribution in [3.8, 4) is 6.07 Å². The third-order valence-electron chi connectivity index (χ3n) is 3.71. The van der Waals surface area contributed by atoms with Crippen molar-refractivity contribution in [2.75, 3.05) is 0 Å². The average molecular weight is 337 g/mol. The maximum Gasteiger partial charge on any atom is 0.348 e. The lowest BCUT2D eigenvalue weighted by molar-refractivity contribution is -0.146. The summed E-state index contributed by atoms with van der Waals surface area (Å²) in [5.74, 6) is 0.146. The van der Waals surface area contributed by atoms with Gasteiger partial charge in [-0.15, -0.1) is 11.8 Å². The summed E-state index contributed by atoms with van der Waals surface area (Å²) in [6, 6.07) is 18.6. The minimum atomic E-state index is -0.522. The number of hydrogen-bond acceptors (Lipinski definition) is 5. The number of ether oxygens (including phenoxy) is 1. The summed E-state index contributed by atoms with van der Waals surface area (Å²) in [4.78, 5) is 12.5. The summed E-state index contributed by atoms with van der Waals surface area (Å²) >= 11 is 1.28. The maximum atomic E-state index is 12.2. The fourth-order valence-corrected chi connectivity index (χ4v) is 3.36. The molecular weight excluding hydrogens is 322 g/mol. The van der Waals surface area contributed by atoms with Gasteiger partial charge in [0, 0.05) is 12.2 Å².